The fourth-order valence-electron chi connectivity index (χ4n) is 4.63. The summed E-state index contributed by atoms with van der Waals surface area (Å²) in [5.74, 6) is 0.574. The number of thiazole rings is 1. The van der Waals surface area contributed by atoms with Crippen LogP contribution in [-0.2, 0) is 36.3 Å². The van der Waals surface area contributed by atoms with Gasteiger partial charge in [-0.1, -0.05) is 95.3 Å². The van der Waals surface area contributed by atoms with Gasteiger partial charge in [-0.3, -0.25) is 9.69 Å². The molecule has 0 radical (unpaired) electrons. The molecule has 0 aliphatic carbocycles. The lowest BCUT2D eigenvalue weighted by molar-refractivity contribution is -0.138. The predicted octanol–water partition coefficient (Wildman–Crippen LogP) is 7.97. The molecule has 6 heteroatoms. The van der Waals surface area contributed by atoms with Gasteiger partial charge in [-0.15, -0.1) is 11.3 Å². The van der Waals surface area contributed by atoms with Gasteiger partial charge in [0.15, 0.2) is 0 Å². The zero-order valence-corrected chi connectivity index (χ0v) is 25.0. The molecule has 40 heavy (non-hydrogen) atoms. The molecular weight excluding hydrogens is 516 g/mol. The molecule has 0 unspecified atom stereocenters. The van der Waals surface area contributed by atoms with Crippen LogP contribution in [0.2, 0.25) is 0 Å². The van der Waals surface area contributed by atoms with Gasteiger partial charge in [0.2, 0.25) is 0 Å². The Labute approximate surface area is 242 Å². The van der Waals surface area contributed by atoms with E-state index in [-0.39, 0.29) is 12.0 Å². The van der Waals surface area contributed by atoms with Crippen LogP contribution in [0.5, 0.6) is 5.75 Å². The molecule has 0 atom stereocenters. The monoisotopic (exact) mass is 556 g/mol. The van der Waals surface area contributed by atoms with E-state index in [9.17, 15) is 9.90 Å². The summed E-state index contributed by atoms with van der Waals surface area (Å²) >= 11 is 1.55. The number of rotatable bonds is 12. The molecule has 0 amide bonds. The molecule has 0 aliphatic heterocycles. The van der Waals surface area contributed by atoms with E-state index >= 15 is 0 Å². The molecule has 5 nitrogen and oxygen atoms in total. The molecule has 3 aromatic carbocycles. The van der Waals surface area contributed by atoms with Crippen molar-refractivity contribution in [2.75, 3.05) is 6.54 Å². The number of benzene rings is 3. The summed E-state index contributed by atoms with van der Waals surface area (Å²) in [6.07, 6.45) is 1.07. The van der Waals surface area contributed by atoms with Crippen molar-refractivity contribution in [2.24, 2.45) is 5.92 Å². The van der Waals surface area contributed by atoms with Crippen LogP contribution in [0.3, 0.4) is 0 Å². The normalized spacial score (nSPS) is 11.8. The average Bonchev–Trinajstić information content (AvgIpc) is 3.36. The van der Waals surface area contributed by atoms with Crippen molar-refractivity contribution < 1.29 is 14.6 Å². The lowest BCUT2D eigenvalue weighted by Gasteiger charge is -2.21. The fraction of sp³-hybridized carbons (Fsp3) is 0.353. The van der Waals surface area contributed by atoms with Crippen molar-refractivity contribution in [3.8, 4) is 17.0 Å². The van der Waals surface area contributed by atoms with Gasteiger partial charge in [-0.25, -0.2) is 4.98 Å². The Kier molecular flexibility index (Phi) is 9.77. The minimum absolute atomic E-state index is 0.0215. The summed E-state index contributed by atoms with van der Waals surface area (Å²) in [5, 5.41) is 12.4. The number of hydrogen-bond acceptors (Lipinski definition) is 5. The second-order valence-corrected chi connectivity index (χ2v) is 12.8. The molecule has 0 saturated heterocycles. The van der Waals surface area contributed by atoms with E-state index in [0.29, 0.717) is 25.6 Å². The van der Waals surface area contributed by atoms with Crippen LogP contribution in [0.1, 0.15) is 61.9 Å². The van der Waals surface area contributed by atoms with Crippen LogP contribution >= 0.6 is 11.3 Å². The summed E-state index contributed by atoms with van der Waals surface area (Å²) in [6, 6.07) is 25.0. The zero-order chi connectivity index (χ0) is 28.7. The Bertz CT molecular complexity index is 1390. The van der Waals surface area contributed by atoms with Crippen molar-refractivity contribution in [1.29, 1.82) is 0 Å². The van der Waals surface area contributed by atoms with E-state index in [1.54, 1.807) is 11.3 Å². The summed E-state index contributed by atoms with van der Waals surface area (Å²) < 4.78 is 6.36. The molecule has 0 aliphatic rings. The maximum Gasteiger partial charge on any atom is 0.317 e. The van der Waals surface area contributed by atoms with Crippen molar-refractivity contribution in [2.45, 2.75) is 66.2 Å². The Morgan fingerprint density at radius 2 is 1.65 bits per heavy atom. The highest BCUT2D eigenvalue weighted by atomic mass is 32.1. The standard InChI is InChI=1S/C34H40N2O3S/c1-24(2)17-25-11-13-27(14-12-25)22-39-31-16-15-28(34(3,4)5)18-29(31)30-23-40-32(35-30)20-36(21-33(37)38)19-26-9-7-6-8-10-26/h6-16,18,23-24H,17,19-22H2,1-5H3,(H,37,38). The minimum atomic E-state index is -0.849. The van der Waals surface area contributed by atoms with E-state index < -0.39 is 5.97 Å². The summed E-state index contributed by atoms with van der Waals surface area (Å²) in [7, 11) is 0. The third kappa shape index (κ3) is 8.51. The molecule has 1 heterocycles. The van der Waals surface area contributed by atoms with Crippen LogP contribution in [0.4, 0.5) is 0 Å². The highest BCUT2D eigenvalue weighted by Gasteiger charge is 2.20. The Balaban J connectivity index is 1.55. The molecule has 4 rings (SSSR count). The van der Waals surface area contributed by atoms with E-state index in [1.807, 2.05) is 46.7 Å². The second-order valence-electron chi connectivity index (χ2n) is 11.8. The smallest absolute Gasteiger partial charge is 0.317 e. The van der Waals surface area contributed by atoms with E-state index in [0.717, 1.165) is 39.6 Å². The molecule has 0 saturated carbocycles. The Hall–Kier alpha value is -3.48. The Morgan fingerprint density at radius 3 is 2.30 bits per heavy atom. The van der Waals surface area contributed by atoms with Crippen LogP contribution in [0.15, 0.2) is 78.2 Å². The van der Waals surface area contributed by atoms with Crippen molar-refractivity contribution in [3.63, 3.8) is 0 Å². The second kappa shape index (κ2) is 13.2. The molecule has 0 fully saturated rings. The van der Waals surface area contributed by atoms with E-state index in [2.05, 4.69) is 71.0 Å². The molecule has 1 N–H and O–H groups in total. The summed E-state index contributed by atoms with van der Waals surface area (Å²) in [5.41, 5.74) is 6.54. The first-order valence-electron chi connectivity index (χ1n) is 13.8. The van der Waals surface area contributed by atoms with Crippen molar-refractivity contribution >= 4 is 17.3 Å². The topological polar surface area (TPSA) is 62.7 Å². The third-order valence-corrected chi connectivity index (χ3v) is 7.53. The zero-order valence-electron chi connectivity index (χ0n) is 24.2. The molecule has 0 spiro atoms. The van der Waals surface area contributed by atoms with Gasteiger partial charge in [-0.05, 0) is 52.1 Å². The predicted molar refractivity (Wildman–Crippen MR) is 164 cm³/mol. The maximum atomic E-state index is 11.6. The van der Waals surface area contributed by atoms with Crippen LogP contribution in [-0.4, -0.2) is 27.5 Å². The SMILES string of the molecule is CC(C)Cc1ccc(COc2ccc(C(C)(C)C)cc2-c2csc(CN(CC(=O)O)Cc3ccccc3)n2)cc1. The van der Waals surface area contributed by atoms with Gasteiger partial charge in [0.1, 0.15) is 17.4 Å². The first-order chi connectivity index (χ1) is 19.1. The largest absolute Gasteiger partial charge is 0.488 e. The maximum absolute atomic E-state index is 11.6. The molecule has 4 aromatic rings. The first-order valence-corrected chi connectivity index (χ1v) is 14.7. The van der Waals surface area contributed by atoms with Crippen molar-refractivity contribution in [3.05, 3.63) is 105 Å². The lowest BCUT2D eigenvalue weighted by atomic mass is 9.86. The van der Waals surface area contributed by atoms with Gasteiger partial charge in [0, 0.05) is 17.5 Å². The van der Waals surface area contributed by atoms with Gasteiger partial charge in [0.05, 0.1) is 18.8 Å². The minimum Gasteiger partial charge on any atom is -0.488 e. The number of carboxylic acid groups (broad SMARTS) is 1. The van der Waals surface area contributed by atoms with Crippen LogP contribution in [0.25, 0.3) is 11.3 Å². The number of aromatic nitrogens is 1. The number of ether oxygens (including phenoxy) is 1. The average molecular weight is 557 g/mol. The number of carboxylic acids is 1. The van der Waals surface area contributed by atoms with Crippen LogP contribution in [0, 0.1) is 5.92 Å². The van der Waals surface area contributed by atoms with E-state index in [1.165, 1.54) is 11.1 Å². The third-order valence-electron chi connectivity index (χ3n) is 6.70. The van der Waals surface area contributed by atoms with Gasteiger partial charge >= 0.3 is 5.97 Å². The Morgan fingerprint density at radius 1 is 0.950 bits per heavy atom. The lowest BCUT2D eigenvalue weighted by Crippen LogP contribution is -2.28. The summed E-state index contributed by atoms with van der Waals surface area (Å²) in [4.78, 5) is 18.4. The quantitative estimate of drug-likeness (QED) is 0.192. The summed E-state index contributed by atoms with van der Waals surface area (Å²) in [6.45, 7) is 12.5. The molecule has 1 aromatic heterocycles. The van der Waals surface area contributed by atoms with Crippen molar-refractivity contribution in [1.82, 2.24) is 9.88 Å². The van der Waals surface area contributed by atoms with E-state index in [4.69, 9.17) is 9.72 Å². The highest BCUT2D eigenvalue weighted by Crippen LogP contribution is 2.36. The van der Waals surface area contributed by atoms with Gasteiger partial charge in [0.25, 0.3) is 0 Å². The highest BCUT2D eigenvalue weighted by molar-refractivity contribution is 7.09. The number of carbonyl (C=O) groups is 1. The molecule has 0 bridgehead atoms. The van der Waals surface area contributed by atoms with Crippen LogP contribution < -0.4 is 4.74 Å². The van der Waals surface area contributed by atoms with Gasteiger partial charge in [-0.2, -0.15) is 0 Å². The first kappa shape index (κ1) is 29.5. The fourth-order valence-corrected chi connectivity index (χ4v) is 5.46. The number of aliphatic carboxylic acids is 1. The van der Waals surface area contributed by atoms with Gasteiger partial charge < -0.3 is 9.84 Å². The number of hydrogen-bond donors (Lipinski definition) is 1. The molecular formula is C34H40N2O3S. The molecule has 210 valence electrons. The number of nitrogens with zero attached hydrogens (tertiary/aromatic N) is 2.